The smallest absolute Gasteiger partial charge is 0.232 e. The van der Waals surface area contributed by atoms with Gasteiger partial charge in [0.05, 0.1) is 0 Å². The van der Waals surface area contributed by atoms with E-state index in [1.807, 2.05) is 0 Å². The number of hydrogen-bond donors (Lipinski definition) is 2. The minimum absolute atomic E-state index is 0.138. The summed E-state index contributed by atoms with van der Waals surface area (Å²) in [5, 5.41) is 7.51. The summed E-state index contributed by atoms with van der Waals surface area (Å²) in [5.41, 5.74) is 1.56. The highest BCUT2D eigenvalue weighted by atomic mass is 32.1. The van der Waals surface area contributed by atoms with Crippen LogP contribution in [0.1, 0.15) is 70.3 Å². The van der Waals surface area contributed by atoms with Crippen LogP contribution < -0.4 is 20.4 Å². The average Bonchev–Trinajstić information content (AvgIpc) is 3.44. The molecule has 6 nitrogen and oxygen atoms in total. The van der Waals surface area contributed by atoms with Crippen molar-refractivity contribution in [3.05, 3.63) is 42.0 Å². The molecule has 1 saturated carbocycles. The van der Waals surface area contributed by atoms with Crippen molar-refractivity contribution in [2.45, 2.75) is 70.1 Å². The SMILES string of the molecule is CC1CCN(c2cc(N3CCCC3)nc(NC(=S)NCC3(c4ccccc4)CCCCC3)n2)CC1. The minimum atomic E-state index is 0.138. The highest BCUT2D eigenvalue weighted by molar-refractivity contribution is 7.80. The quantitative estimate of drug-likeness (QED) is 0.516. The number of thiocarbonyl (C=S) groups is 1. The van der Waals surface area contributed by atoms with Crippen molar-refractivity contribution in [1.29, 1.82) is 0 Å². The van der Waals surface area contributed by atoms with Crippen LogP contribution in [-0.2, 0) is 5.41 Å². The van der Waals surface area contributed by atoms with Crippen LogP contribution in [0.25, 0.3) is 0 Å². The van der Waals surface area contributed by atoms with Gasteiger partial charge in [-0.05, 0) is 62.2 Å². The van der Waals surface area contributed by atoms with Crippen LogP contribution in [-0.4, -0.2) is 47.8 Å². The van der Waals surface area contributed by atoms with Crippen molar-refractivity contribution in [3.8, 4) is 0 Å². The molecule has 188 valence electrons. The third kappa shape index (κ3) is 5.88. The van der Waals surface area contributed by atoms with Gasteiger partial charge in [0.15, 0.2) is 5.11 Å². The number of anilines is 3. The first-order chi connectivity index (χ1) is 17.1. The molecule has 2 N–H and O–H groups in total. The molecule has 1 aromatic carbocycles. The van der Waals surface area contributed by atoms with Gasteiger partial charge in [0.1, 0.15) is 11.6 Å². The van der Waals surface area contributed by atoms with Crippen LogP contribution in [0.4, 0.5) is 17.6 Å². The van der Waals surface area contributed by atoms with Crippen LogP contribution in [0.5, 0.6) is 0 Å². The molecule has 0 atom stereocenters. The van der Waals surface area contributed by atoms with Gasteiger partial charge < -0.3 is 20.4 Å². The lowest BCUT2D eigenvalue weighted by atomic mass is 9.69. The Hall–Kier alpha value is -2.41. The molecule has 2 aliphatic heterocycles. The zero-order valence-electron chi connectivity index (χ0n) is 21.1. The summed E-state index contributed by atoms with van der Waals surface area (Å²) in [6, 6.07) is 13.1. The molecule has 0 spiro atoms. The van der Waals surface area contributed by atoms with E-state index in [4.69, 9.17) is 22.2 Å². The summed E-state index contributed by atoms with van der Waals surface area (Å²) >= 11 is 5.77. The molecule has 0 unspecified atom stereocenters. The number of benzene rings is 1. The average molecular weight is 493 g/mol. The van der Waals surface area contributed by atoms with Gasteiger partial charge in [-0.2, -0.15) is 9.97 Å². The zero-order valence-corrected chi connectivity index (χ0v) is 22.0. The lowest BCUT2D eigenvalue weighted by Gasteiger charge is -2.38. The van der Waals surface area contributed by atoms with Crippen LogP contribution in [0, 0.1) is 5.92 Å². The van der Waals surface area contributed by atoms with E-state index in [9.17, 15) is 0 Å². The Morgan fingerprint density at radius 1 is 0.914 bits per heavy atom. The number of aromatic nitrogens is 2. The normalized spacial score (nSPS) is 20.6. The summed E-state index contributed by atoms with van der Waals surface area (Å²) in [6.07, 6.45) is 11.2. The molecule has 3 heterocycles. The first-order valence-corrected chi connectivity index (χ1v) is 14.0. The summed E-state index contributed by atoms with van der Waals surface area (Å²) in [6.45, 7) is 7.42. The van der Waals surface area contributed by atoms with Crippen LogP contribution >= 0.6 is 12.2 Å². The predicted octanol–water partition coefficient (Wildman–Crippen LogP) is 5.50. The summed E-state index contributed by atoms with van der Waals surface area (Å²) in [7, 11) is 0. The molecule has 3 aliphatic rings. The molecule has 7 heteroatoms. The second-order valence-electron chi connectivity index (χ2n) is 10.8. The molecular weight excluding hydrogens is 452 g/mol. The standard InChI is InChI=1S/C28H40N6S/c1-22-12-18-34(19-13-22)25-20-24(33-16-8-9-17-33)30-26(31-25)32-27(35)29-21-28(14-6-3-7-15-28)23-10-4-2-5-11-23/h2,4-5,10-11,20,22H,3,6-9,12-19,21H2,1H3,(H2,29,30,31,32,35). The molecule has 0 amide bonds. The van der Waals surface area contributed by atoms with E-state index in [0.717, 1.165) is 50.3 Å². The minimum Gasteiger partial charge on any atom is -0.361 e. The second-order valence-corrected chi connectivity index (χ2v) is 11.2. The summed E-state index contributed by atoms with van der Waals surface area (Å²) < 4.78 is 0. The Morgan fingerprint density at radius 2 is 1.54 bits per heavy atom. The number of hydrogen-bond acceptors (Lipinski definition) is 5. The van der Waals surface area contributed by atoms with Crippen molar-refractivity contribution in [3.63, 3.8) is 0 Å². The fraction of sp³-hybridized carbons (Fsp3) is 0.607. The Morgan fingerprint density at radius 3 is 2.20 bits per heavy atom. The van der Waals surface area contributed by atoms with Gasteiger partial charge in [-0.3, -0.25) is 0 Å². The Labute approximate surface area is 215 Å². The zero-order chi connectivity index (χ0) is 24.1. The van der Waals surface area contributed by atoms with Gasteiger partial charge >= 0.3 is 0 Å². The lowest BCUT2D eigenvalue weighted by Crippen LogP contribution is -2.43. The Kier molecular flexibility index (Phi) is 7.71. The van der Waals surface area contributed by atoms with Crippen molar-refractivity contribution >= 4 is 34.9 Å². The monoisotopic (exact) mass is 492 g/mol. The van der Waals surface area contributed by atoms with Gasteiger partial charge in [0.2, 0.25) is 5.95 Å². The maximum Gasteiger partial charge on any atom is 0.232 e. The first kappa shape index (κ1) is 24.3. The van der Waals surface area contributed by atoms with E-state index in [2.05, 4.69) is 63.8 Å². The third-order valence-corrected chi connectivity index (χ3v) is 8.49. The molecule has 35 heavy (non-hydrogen) atoms. The Balaban J connectivity index is 1.30. The molecule has 2 saturated heterocycles. The largest absolute Gasteiger partial charge is 0.361 e. The highest BCUT2D eigenvalue weighted by Gasteiger charge is 2.34. The second kappa shape index (κ2) is 11.1. The summed E-state index contributed by atoms with van der Waals surface area (Å²) in [4.78, 5) is 14.6. The van der Waals surface area contributed by atoms with Crippen molar-refractivity contribution in [2.75, 3.05) is 47.8 Å². The fourth-order valence-electron chi connectivity index (χ4n) is 5.97. The van der Waals surface area contributed by atoms with Gasteiger partial charge in [0.25, 0.3) is 0 Å². The van der Waals surface area contributed by atoms with E-state index in [0.29, 0.717) is 11.1 Å². The molecule has 2 aromatic rings. The number of nitrogens with zero attached hydrogens (tertiary/aromatic N) is 4. The van der Waals surface area contributed by atoms with Crippen LogP contribution in [0.3, 0.4) is 0 Å². The van der Waals surface area contributed by atoms with Gasteiger partial charge in [0, 0.05) is 44.2 Å². The van der Waals surface area contributed by atoms with Crippen molar-refractivity contribution < 1.29 is 0 Å². The van der Waals surface area contributed by atoms with Crippen molar-refractivity contribution in [2.24, 2.45) is 5.92 Å². The van der Waals surface area contributed by atoms with E-state index >= 15 is 0 Å². The van der Waals surface area contributed by atoms with E-state index in [-0.39, 0.29) is 5.41 Å². The van der Waals surface area contributed by atoms with Crippen LogP contribution in [0.2, 0.25) is 0 Å². The molecule has 1 aromatic heterocycles. The van der Waals surface area contributed by atoms with E-state index in [1.165, 1.54) is 63.4 Å². The molecule has 0 bridgehead atoms. The molecule has 1 aliphatic carbocycles. The number of nitrogens with one attached hydrogen (secondary N) is 2. The van der Waals surface area contributed by atoms with Crippen LogP contribution in [0.15, 0.2) is 36.4 Å². The molecule has 3 fully saturated rings. The fourth-order valence-corrected chi connectivity index (χ4v) is 6.13. The van der Waals surface area contributed by atoms with E-state index in [1.54, 1.807) is 0 Å². The van der Waals surface area contributed by atoms with Gasteiger partial charge in [-0.25, -0.2) is 0 Å². The van der Waals surface area contributed by atoms with E-state index < -0.39 is 0 Å². The highest BCUT2D eigenvalue weighted by Crippen LogP contribution is 2.39. The lowest BCUT2D eigenvalue weighted by molar-refractivity contribution is 0.292. The van der Waals surface area contributed by atoms with Gasteiger partial charge in [-0.1, -0.05) is 56.5 Å². The Bertz CT molecular complexity index is 976. The topological polar surface area (TPSA) is 56.3 Å². The van der Waals surface area contributed by atoms with Crippen molar-refractivity contribution in [1.82, 2.24) is 15.3 Å². The number of rotatable bonds is 6. The molecule has 5 rings (SSSR count). The predicted molar refractivity (Wildman–Crippen MR) is 150 cm³/mol. The summed E-state index contributed by atoms with van der Waals surface area (Å²) in [5.74, 6) is 3.44. The van der Waals surface area contributed by atoms with Gasteiger partial charge in [-0.15, -0.1) is 0 Å². The molecule has 0 radical (unpaired) electrons. The maximum atomic E-state index is 5.77. The molecular formula is C28H40N6S. The maximum absolute atomic E-state index is 5.77. The first-order valence-electron chi connectivity index (χ1n) is 13.6. The number of piperidine rings is 1. The third-order valence-electron chi connectivity index (χ3n) is 8.25.